The van der Waals surface area contributed by atoms with E-state index >= 15 is 0 Å². The molecule has 1 aliphatic heterocycles. The van der Waals surface area contributed by atoms with Gasteiger partial charge in [-0.15, -0.1) is 0 Å². The Morgan fingerprint density at radius 1 is 1.05 bits per heavy atom. The number of guanidine groups is 1. The van der Waals surface area contributed by atoms with Gasteiger partial charge in [0.25, 0.3) is 5.91 Å². The van der Waals surface area contributed by atoms with Crippen molar-refractivity contribution in [2.24, 2.45) is 10.7 Å². The van der Waals surface area contributed by atoms with Crippen LogP contribution in [-0.2, 0) is 5.54 Å². The second-order valence-electron chi connectivity index (χ2n) is 8.78. The van der Waals surface area contributed by atoms with E-state index in [0.29, 0.717) is 29.4 Å². The minimum absolute atomic E-state index is 0.0402. The molecule has 1 amide bonds. The van der Waals surface area contributed by atoms with Gasteiger partial charge in [-0.05, 0) is 54.8 Å². The number of rotatable bonds is 8. The number of aromatic nitrogens is 3. The summed E-state index contributed by atoms with van der Waals surface area (Å²) >= 11 is 6.00. The molecule has 40 heavy (non-hydrogen) atoms. The van der Waals surface area contributed by atoms with E-state index in [1.807, 2.05) is 26.0 Å². The number of alkyl halides is 3. The minimum Gasteiger partial charge on any atom is -0.454 e. The van der Waals surface area contributed by atoms with Gasteiger partial charge in [0.15, 0.2) is 12.6 Å². The Bertz CT molecular complexity index is 1360. The third-order valence-corrected chi connectivity index (χ3v) is 6.24. The summed E-state index contributed by atoms with van der Waals surface area (Å²) in [6, 6.07) is 13.1. The lowest BCUT2D eigenvalue weighted by Gasteiger charge is -2.19. The van der Waals surface area contributed by atoms with E-state index in [-0.39, 0.29) is 23.8 Å². The molecule has 2 aromatic carbocycles. The van der Waals surface area contributed by atoms with Crippen LogP contribution in [0.15, 0.2) is 53.5 Å². The summed E-state index contributed by atoms with van der Waals surface area (Å²) in [6.45, 7) is 3.30. The van der Waals surface area contributed by atoms with Crippen LogP contribution in [0.25, 0.3) is 0 Å². The fourth-order valence-electron chi connectivity index (χ4n) is 3.92. The van der Waals surface area contributed by atoms with Crippen LogP contribution in [0.3, 0.4) is 0 Å². The van der Waals surface area contributed by atoms with Crippen molar-refractivity contribution in [3.8, 4) is 6.01 Å². The third-order valence-electron chi connectivity index (χ3n) is 5.98. The average molecular weight is 577 g/mol. The van der Waals surface area contributed by atoms with E-state index in [2.05, 4.69) is 30.6 Å². The van der Waals surface area contributed by atoms with Crippen LogP contribution in [0.1, 0.15) is 42.6 Å². The number of hydrogen-bond donors (Lipinski definition) is 3. The second-order valence-corrected chi connectivity index (χ2v) is 9.22. The lowest BCUT2D eigenvalue weighted by molar-refractivity contribution is -0.154. The topological polar surface area (TPSA) is 131 Å². The molecular formula is C26H28ClF3N8O2. The summed E-state index contributed by atoms with van der Waals surface area (Å²) in [7, 11) is 0. The van der Waals surface area contributed by atoms with E-state index in [4.69, 9.17) is 22.1 Å². The van der Waals surface area contributed by atoms with Crippen LogP contribution < -0.4 is 21.1 Å². The van der Waals surface area contributed by atoms with Crippen LogP contribution in [0.2, 0.25) is 5.02 Å². The summed E-state index contributed by atoms with van der Waals surface area (Å²) in [6.07, 6.45) is -3.03. The minimum atomic E-state index is -4.57. The molecule has 0 spiro atoms. The number of ether oxygens (including phenoxy) is 1. The molecule has 0 unspecified atom stereocenters. The normalized spacial score (nSPS) is 15.4. The Kier molecular flexibility index (Phi) is 8.62. The van der Waals surface area contributed by atoms with Crippen LogP contribution in [-0.4, -0.2) is 57.6 Å². The van der Waals surface area contributed by atoms with Gasteiger partial charge in [-0.3, -0.25) is 14.7 Å². The Morgan fingerprint density at radius 2 is 1.70 bits per heavy atom. The molecule has 0 bridgehead atoms. The zero-order valence-electron chi connectivity index (χ0n) is 21.8. The molecule has 1 fully saturated rings. The maximum Gasteiger partial charge on any atom is 0.422 e. The number of amides is 1. The van der Waals surface area contributed by atoms with Gasteiger partial charge in [0.05, 0.1) is 12.1 Å². The molecule has 2 heterocycles. The first-order chi connectivity index (χ1) is 19.1. The molecule has 0 saturated heterocycles. The molecule has 4 N–H and O–H groups in total. The maximum atomic E-state index is 12.8. The number of benzene rings is 2. The molecule has 212 valence electrons. The molecule has 5 rings (SSSR count). The fourth-order valence-corrected chi connectivity index (χ4v) is 4.05. The highest BCUT2D eigenvalue weighted by Gasteiger charge is 2.45. The zero-order chi connectivity index (χ0) is 28.9. The van der Waals surface area contributed by atoms with E-state index < -0.39 is 24.3 Å². The standard InChI is InChI=1S/C24H22ClF3N8O2.C2H6/c25-16-5-3-15(4-6-16)23(9-10-23)35-21-32-20(33-22(34-21)38-13-24(26,27)28)31-17-7-1-14(2-8-17)18(37)36-12-11-30-19(36)29;1-2/h1-8H,9-13H2,(H2,29,30)(H2,31,32,33,34,35);1-2H3. The Labute approximate surface area is 233 Å². The smallest absolute Gasteiger partial charge is 0.422 e. The predicted molar refractivity (Wildman–Crippen MR) is 146 cm³/mol. The number of nitrogens with one attached hydrogen (secondary N) is 2. The van der Waals surface area contributed by atoms with Gasteiger partial charge < -0.3 is 21.1 Å². The first-order valence-electron chi connectivity index (χ1n) is 12.6. The van der Waals surface area contributed by atoms with Crippen molar-refractivity contribution in [2.45, 2.75) is 38.4 Å². The van der Waals surface area contributed by atoms with Crippen molar-refractivity contribution in [3.63, 3.8) is 0 Å². The maximum absolute atomic E-state index is 12.8. The average Bonchev–Trinajstić information content (AvgIpc) is 3.58. The van der Waals surface area contributed by atoms with Gasteiger partial charge in [0.2, 0.25) is 11.9 Å². The van der Waals surface area contributed by atoms with Crippen molar-refractivity contribution in [2.75, 3.05) is 30.3 Å². The van der Waals surface area contributed by atoms with Gasteiger partial charge in [-0.25, -0.2) is 0 Å². The first-order valence-corrected chi connectivity index (χ1v) is 13.0. The molecule has 0 atom stereocenters. The molecule has 3 aromatic rings. The molecule has 10 nitrogen and oxygen atoms in total. The van der Waals surface area contributed by atoms with Crippen LogP contribution in [0, 0.1) is 0 Å². The number of aliphatic imine (C=N–C) groups is 1. The van der Waals surface area contributed by atoms with E-state index in [9.17, 15) is 18.0 Å². The molecule has 1 aromatic heterocycles. The molecule has 0 radical (unpaired) electrons. The Hall–Kier alpha value is -4.13. The second kappa shape index (κ2) is 11.9. The fraction of sp³-hybridized carbons (Fsp3) is 0.346. The Balaban J connectivity index is 0.00000181. The summed E-state index contributed by atoms with van der Waals surface area (Å²) in [4.78, 5) is 30.4. The van der Waals surface area contributed by atoms with Crippen LogP contribution in [0.4, 0.5) is 30.8 Å². The summed E-state index contributed by atoms with van der Waals surface area (Å²) in [5.41, 5.74) is 7.09. The van der Waals surface area contributed by atoms with Gasteiger partial charge in [0.1, 0.15) is 0 Å². The van der Waals surface area contributed by atoms with Crippen LogP contribution in [0.5, 0.6) is 6.01 Å². The number of anilines is 3. The number of halogens is 4. The molecule has 1 saturated carbocycles. The number of carbonyl (C=O) groups excluding carboxylic acids is 1. The number of nitrogens with zero attached hydrogens (tertiary/aromatic N) is 5. The zero-order valence-corrected chi connectivity index (χ0v) is 22.6. The molecule has 14 heteroatoms. The SMILES string of the molecule is CC.NC1=NCCN1C(=O)c1ccc(Nc2nc(NC3(c4ccc(Cl)cc4)CC3)nc(OCC(F)(F)F)n2)cc1. The monoisotopic (exact) mass is 576 g/mol. The van der Waals surface area contributed by atoms with Crippen molar-refractivity contribution in [1.82, 2.24) is 19.9 Å². The Morgan fingerprint density at radius 3 is 2.27 bits per heavy atom. The summed E-state index contributed by atoms with van der Waals surface area (Å²) < 4.78 is 43.1. The quantitative estimate of drug-likeness (QED) is 0.337. The van der Waals surface area contributed by atoms with Crippen LogP contribution >= 0.6 is 11.6 Å². The van der Waals surface area contributed by atoms with E-state index in [1.165, 1.54) is 4.90 Å². The van der Waals surface area contributed by atoms with Crippen molar-refractivity contribution in [1.29, 1.82) is 0 Å². The highest BCUT2D eigenvalue weighted by molar-refractivity contribution is 6.30. The van der Waals surface area contributed by atoms with Crippen molar-refractivity contribution in [3.05, 3.63) is 64.7 Å². The third kappa shape index (κ3) is 7.08. The first kappa shape index (κ1) is 28.9. The van der Waals surface area contributed by atoms with Gasteiger partial charge in [0, 0.05) is 22.8 Å². The van der Waals surface area contributed by atoms with Crippen molar-refractivity contribution < 1.29 is 22.7 Å². The summed E-state index contributed by atoms with van der Waals surface area (Å²) in [5, 5.41) is 6.72. The number of nitrogens with two attached hydrogens (primary N) is 1. The lowest BCUT2D eigenvalue weighted by Crippen LogP contribution is -2.38. The molecular weight excluding hydrogens is 549 g/mol. The van der Waals surface area contributed by atoms with Gasteiger partial charge in [-0.1, -0.05) is 37.6 Å². The molecule has 1 aliphatic carbocycles. The largest absolute Gasteiger partial charge is 0.454 e. The highest BCUT2D eigenvalue weighted by atomic mass is 35.5. The van der Waals surface area contributed by atoms with Crippen molar-refractivity contribution >= 4 is 41.1 Å². The summed E-state index contributed by atoms with van der Waals surface area (Å²) in [5.74, 6) is -0.119. The lowest BCUT2D eigenvalue weighted by atomic mass is 10.1. The van der Waals surface area contributed by atoms with Gasteiger partial charge >= 0.3 is 12.2 Å². The van der Waals surface area contributed by atoms with Gasteiger partial charge in [-0.2, -0.15) is 28.1 Å². The number of carbonyl (C=O) groups is 1. The molecule has 2 aliphatic rings. The number of hydrogen-bond acceptors (Lipinski definition) is 9. The predicted octanol–water partition coefficient (Wildman–Crippen LogP) is 5.11. The highest BCUT2D eigenvalue weighted by Crippen LogP contribution is 2.48. The van der Waals surface area contributed by atoms with E-state index in [1.54, 1.807) is 36.4 Å². The van der Waals surface area contributed by atoms with E-state index in [0.717, 1.165) is 18.4 Å².